The zero-order valence-corrected chi connectivity index (χ0v) is 13.5. The summed E-state index contributed by atoms with van der Waals surface area (Å²) in [7, 11) is 2.15. The van der Waals surface area contributed by atoms with E-state index in [0.717, 1.165) is 48.8 Å². The second kappa shape index (κ2) is 6.32. The minimum absolute atomic E-state index is 0.984. The van der Waals surface area contributed by atoms with Crippen LogP contribution in [0.5, 0.6) is 0 Å². The molecule has 5 nitrogen and oxygen atoms in total. The summed E-state index contributed by atoms with van der Waals surface area (Å²) in [6.07, 6.45) is 1.96. The van der Waals surface area contributed by atoms with Crippen molar-refractivity contribution in [1.29, 1.82) is 0 Å². The molecule has 1 fully saturated rings. The van der Waals surface area contributed by atoms with Crippen molar-refractivity contribution in [3.8, 4) is 5.69 Å². The average Bonchev–Trinajstić information content (AvgIpc) is 2.82. The lowest BCUT2D eigenvalue weighted by Gasteiger charge is -2.30. The van der Waals surface area contributed by atoms with Gasteiger partial charge in [-0.1, -0.05) is 18.2 Å². The number of benzene rings is 1. The van der Waals surface area contributed by atoms with Crippen LogP contribution in [0, 0.1) is 13.8 Å². The second-order valence-corrected chi connectivity index (χ2v) is 5.83. The van der Waals surface area contributed by atoms with Crippen LogP contribution in [0.25, 0.3) is 5.69 Å². The molecule has 2 heterocycles. The standard InChI is InChI=1S/C17H23N5/c1-14-17(13-18-21-11-9-20(3)10-12-21)15(2)22(19-14)16-7-5-4-6-8-16/h4-8,13H,9-12H2,1-3H3. The van der Waals surface area contributed by atoms with Gasteiger partial charge in [-0.2, -0.15) is 10.2 Å². The maximum absolute atomic E-state index is 4.65. The van der Waals surface area contributed by atoms with Gasteiger partial charge in [0, 0.05) is 31.7 Å². The van der Waals surface area contributed by atoms with Gasteiger partial charge in [0.15, 0.2) is 0 Å². The Morgan fingerprint density at radius 3 is 2.41 bits per heavy atom. The summed E-state index contributed by atoms with van der Waals surface area (Å²) in [6, 6.07) is 10.2. The van der Waals surface area contributed by atoms with E-state index in [9.17, 15) is 0 Å². The third-order valence-corrected chi connectivity index (χ3v) is 4.18. The number of rotatable bonds is 3. The van der Waals surface area contributed by atoms with Crippen molar-refractivity contribution >= 4 is 6.21 Å². The molecule has 1 aliphatic heterocycles. The molecular formula is C17H23N5. The quantitative estimate of drug-likeness (QED) is 0.814. The van der Waals surface area contributed by atoms with Crippen LogP contribution < -0.4 is 0 Å². The number of hydrogen-bond acceptors (Lipinski definition) is 4. The van der Waals surface area contributed by atoms with Gasteiger partial charge in [-0.05, 0) is 33.0 Å². The van der Waals surface area contributed by atoms with Crippen molar-refractivity contribution < 1.29 is 0 Å². The molecule has 0 radical (unpaired) electrons. The molecule has 1 aromatic carbocycles. The molecule has 0 N–H and O–H groups in total. The Bertz CT molecular complexity index is 651. The zero-order chi connectivity index (χ0) is 15.5. The van der Waals surface area contributed by atoms with E-state index in [1.54, 1.807) is 0 Å². The highest BCUT2D eigenvalue weighted by atomic mass is 15.5. The van der Waals surface area contributed by atoms with E-state index in [0.29, 0.717) is 0 Å². The first-order valence-corrected chi connectivity index (χ1v) is 7.74. The molecule has 0 saturated carbocycles. The molecule has 116 valence electrons. The van der Waals surface area contributed by atoms with Crippen LogP contribution in [0.1, 0.15) is 17.0 Å². The second-order valence-electron chi connectivity index (χ2n) is 5.83. The fourth-order valence-electron chi connectivity index (χ4n) is 2.71. The summed E-state index contributed by atoms with van der Waals surface area (Å²) in [5.74, 6) is 0. The molecule has 5 heteroatoms. The van der Waals surface area contributed by atoms with Crippen molar-refractivity contribution in [2.45, 2.75) is 13.8 Å². The first kappa shape index (κ1) is 14.8. The summed E-state index contributed by atoms with van der Waals surface area (Å²) >= 11 is 0. The number of aromatic nitrogens is 2. The molecule has 0 unspecified atom stereocenters. The minimum Gasteiger partial charge on any atom is -0.303 e. The topological polar surface area (TPSA) is 36.7 Å². The highest BCUT2D eigenvalue weighted by Crippen LogP contribution is 2.16. The molecule has 1 saturated heterocycles. The number of nitrogens with zero attached hydrogens (tertiary/aromatic N) is 5. The monoisotopic (exact) mass is 297 g/mol. The van der Waals surface area contributed by atoms with Crippen molar-refractivity contribution in [1.82, 2.24) is 19.7 Å². The van der Waals surface area contributed by atoms with Crippen LogP contribution in [0.4, 0.5) is 0 Å². The number of piperazine rings is 1. The van der Waals surface area contributed by atoms with Gasteiger partial charge in [-0.3, -0.25) is 5.01 Å². The van der Waals surface area contributed by atoms with Gasteiger partial charge < -0.3 is 4.90 Å². The summed E-state index contributed by atoms with van der Waals surface area (Å²) in [4.78, 5) is 2.33. The molecular weight excluding hydrogens is 274 g/mol. The average molecular weight is 297 g/mol. The minimum atomic E-state index is 0.984. The largest absolute Gasteiger partial charge is 0.303 e. The van der Waals surface area contributed by atoms with Gasteiger partial charge in [-0.25, -0.2) is 4.68 Å². The normalized spacial score (nSPS) is 16.6. The number of para-hydroxylation sites is 1. The van der Waals surface area contributed by atoms with E-state index in [4.69, 9.17) is 0 Å². The van der Waals surface area contributed by atoms with Gasteiger partial charge in [0.25, 0.3) is 0 Å². The van der Waals surface area contributed by atoms with Crippen LogP contribution in [-0.2, 0) is 0 Å². The molecule has 1 aromatic heterocycles. The fourth-order valence-corrected chi connectivity index (χ4v) is 2.71. The Morgan fingerprint density at radius 1 is 1.05 bits per heavy atom. The van der Waals surface area contributed by atoms with Crippen LogP contribution in [-0.4, -0.2) is 59.1 Å². The maximum atomic E-state index is 4.65. The first-order valence-electron chi connectivity index (χ1n) is 7.74. The Hall–Kier alpha value is -2.14. The van der Waals surface area contributed by atoms with E-state index < -0.39 is 0 Å². The highest BCUT2D eigenvalue weighted by Gasteiger charge is 2.13. The van der Waals surface area contributed by atoms with Gasteiger partial charge in [0.1, 0.15) is 0 Å². The molecule has 2 aromatic rings. The van der Waals surface area contributed by atoms with Crippen LogP contribution in [0.2, 0.25) is 0 Å². The van der Waals surface area contributed by atoms with Gasteiger partial charge in [0.05, 0.1) is 23.3 Å². The summed E-state index contributed by atoms with van der Waals surface area (Å²) in [6.45, 7) is 8.24. The molecule has 0 bridgehead atoms. The number of aryl methyl sites for hydroxylation is 1. The molecule has 0 spiro atoms. The van der Waals surface area contributed by atoms with Crippen LogP contribution in [0.15, 0.2) is 35.4 Å². The molecule has 0 aliphatic carbocycles. The molecule has 0 atom stereocenters. The summed E-state index contributed by atoms with van der Waals surface area (Å²) in [5.41, 5.74) is 4.34. The number of hydrazone groups is 1. The van der Waals surface area contributed by atoms with Gasteiger partial charge in [-0.15, -0.1) is 0 Å². The molecule has 22 heavy (non-hydrogen) atoms. The lowest BCUT2D eigenvalue weighted by molar-refractivity contribution is 0.159. The predicted octanol–water partition coefficient (Wildman–Crippen LogP) is 2.07. The van der Waals surface area contributed by atoms with Crippen molar-refractivity contribution in [2.24, 2.45) is 5.10 Å². The fraction of sp³-hybridized carbons (Fsp3) is 0.412. The van der Waals surface area contributed by atoms with Crippen molar-refractivity contribution in [3.05, 3.63) is 47.3 Å². The van der Waals surface area contributed by atoms with Crippen LogP contribution in [0.3, 0.4) is 0 Å². The Balaban J connectivity index is 1.81. The van der Waals surface area contributed by atoms with E-state index >= 15 is 0 Å². The van der Waals surface area contributed by atoms with E-state index in [2.05, 4.69) is 46.2 Å². The molecule has 1 aliphatic rings. The third kappa shape index (κ3) is 3.04. The predicted molar refractivity (Wildman–Crippen MR) is 89.7 cm³/mol. The lowest BCUT2D eigenvalue weighted by atomic mass is 10.2. The Labute approximate surface area is 131 Å². The van der Waals surface area contributed by atoms with E-state index in [1.807, 2.05) is 36.0 Å². The SMILES string of the molecule is Cc1nn(-c2ccccc2)c(C)c1C=NN1CCN(C)CC1. The maximum Gasteiger partial charge on any atom is 0.0689 e. The zero-order valence-electron chi connectivity index (χ0n) is 13.5. The first-order chi connectivity index (χ1) is 10.6. The van der Waals surface area contributed by atoms with E-state index in [-0.39, 0.29) is 0 Å². The third-order valence-electron chi connectivity index (χ3n) is 4.18. The lowest BCUT2D eigenvalue weighted by Crippen LogP contribution is -2.41. The Morgan fingerprint density at radius 2 is 1.73 bits per heavy atom. The number of hydrogen-bond donors (Lipinski definition) is 0. The van der Waals surface area contributed by atoms with Crippen LogP contribution >= 0.6 is 0 Å². The van der Waals surface area contributed by atoms with Crippen molar-refractivity contribution in [3.63, 3.8) is 0 Å². The smallest absolute Gasteiger partial charge is 0.0689 e. The number of likely N-dealkylation sites (N-methyl/N-ethyl adjacent to an activating group) is 1. The molecule has 3 rings (SSSR count). The summed E-state index contributed by atoms with van der Waals surface area (Å²) < 4.78 is 1.99. The van der Waals surface area contributed by atoms with Gasteiger partial charge in [0.2, 0.25) is 0 Å². The summed E-state index contributed by atoms with van der Waals surface area (Å²) in [5, 5.41) is 11.4. The van der Waals surface area contributed by atoms with Crippen molar-refractivity contribution in [2.75, 3.05) is 33.2 Å². The molecule has 0 amide bonds. The van der Waals surface area contributed by atoms with E-state index in [1.165, 1.54) is 0 Å². The highest BCUT2D eigenvalue weighted by molar-refractivity contribution is 5.82. The Kier molecular flexibility index (Phi) is 4.24. The van der Waals surface area contributed by atoms with Gasteiger partial charge >= 0.3 is 0 Å².